The summed E-state index contributed by atoms with van der Waals surface area (Å²) in [5, 5.41) is 5.28. The van der Waals surface area contributed by atoms with Crippen molar-refractivity contribution >= 4 is 17.7 Å². The van der Waals surface area contributed by atoms with Gasteiger partial charge in [0.1, 0.15) is 11.9 Å². The molecule has 1 rings (SSSR count). The van der Waals surface area contributed by atoms with E-state index in [2.05, 4.69) is 20.6 Å². The molecule has 0 spiro atoms. The van der Waals surface area contributed by atoms with E-state index in [0.29, 0.717) is 6.54 Å². The molecular weight excluding hydrogens is 287 g/mol. The van der Waals surface area contributed by atoms with Crippen LogP contribution in [0, 0.1) is 0 Å². The molecule has 1 heterocycles. The zero-order valence-corrected chi connectivity index (χ0v) is 12.2. The van der Waals surface area contributed by atoms with Crippen LogP contribution in [0.5, 0.6) is 0 Å². The monoisotopic (exact) mass is 305 g/mol. The van der Waals surface area contributed by atoms with Crippen LogP contribution < -0.4 is 10.6 Å². The summed E-state index contributed by atoms with van der Waals surface area (Å²) in [6.45, 7) is 3.65. The highest BCUT2D eigenvalue weighted by Gasteiger charge is 2.34. The average molecular weight is 305 g/mol. The third-order valence-electron chi connectivity index (χ3n) is 2.53. The zero-order valence-electron chi connectivity index (χ0n) is 12.2. The van der Waals surface area contributed by atoms with Crippen LogP contribution in [0.3, 0.4) is 0 Å². The van der Waals surface area contributed by atoms with E-state index in [4.69, 9.17) is 0 Å². The molecule has 1 atom stereocenters. The molecule has 21 heavy (non-hydrogen) atoms. The second-order valence-electron chi connectivity index (χ2n) is 4.59. The molecule has 1 amide bonds. The molecular formula is C12H18F3N5O. The molecule has 6 nitrogen and oxygen atoms in total. The van der Waals surface area contributed by atoms with Gasteiger partial charge in [-0.1, -0.05) is 0 Å². The minimum absolute atomic E-state index is 0.0593. The van der Waals surface area contributed by atoms with Crippen LogP contribution in [0.4, 0.5) is 24.9 Å². The summed E-state index contributed by atoms with van der Waals surface area (Å²) >= 11 is 0. The third kappa shape index (κ3) is 4.76. The minimum atomic E-state index is -4.58. The molecule has 118 valence electrons. The molecule has 0 bridgehead atoms. The van der Waals surface area contributed by atoms with Gasteiger partial charge in [-0.15, -0.1) is 0 Å². The lowest BCUT2D eigenvalue weighted by Gasteiger charge is -2.19. The first-order valence-corrected chi connectivity index (χ1v) is 6.33. The van der Waals surface area contributed by atoms with Gasteiger partial charge < -0.3 is 15.5 Å². The van der Waals surface area contributed by atoms with Crippen molar-refractivity contribution in [2.45, 2.75) is 26.1 Å². The number of hydrogen-bond donors (Lipinski definition) is 2. The highest BCUT2D eigenvalue weighted by atomic mass is 19.4. The fraction of sp³-hybridized carbons (Fsp3) is 0.583. The summed E-state index contributed by atoms with van der Waals surface area (Å²) in [4.78, 5) is 20.4. The highest BCUT2D eigenvalue weighted by molar-refractivity contribution is 5.83. The lowest BCUT2D eigenvalue weighted by molar-refractivity contribution is -0.141. The SMILES string of the molecule is CCNc1nc(NC(C)C(=O)N(C)C)cc(C(F)(F)F)n1. The van der Waals surface area contributed by atoms with Gasteiger partial charge in [0.25, 0.3) is 0 Å². The van der Waals surface area contributed by atoms with Crippen molar-refractivity contribution in [1.82, 2.24) is 14.9 Å². The van der Waals surface area contributed by atoms with Crippen LogP contribution in [-0.2, 0) is 11.0 Å². The van der Waals surface area contributed by atoms with E-state index >= 15 is 0 Å². The van der Waals surface area contributed by atoms with E-state index in [1.54, 1.807) is 27.9 Å². The normalized spacial score (nSPS) is 12.7. The minimum Gasteiger partial charge on any atom is -0.358 e. The molecule has 1 aromatic rings. The molecule has 2 N–H and O–H groups in total. The highest BCUT2D eigenvalue weighted by Crippen LogP contribution is 2.29. The van der Waals surface area contributed by atoms with Crippen LogP contribution in [-0.4, -0.2) is 47.5 Å². The van der Waals surface area contributed by atoms with E-state index in [1.165, 1.54) is 4.90 Å². The van der Waals surface area contributed by atoms with Gasteiger partial charge in [-0.05, 0) is 13.8 Å². The maximum Gasteiger partial charge on any atom is 0.433 e. The van der Waals surface area contributed by atoms with Crippen molar-refractivity contribution in [3.63, 3.8) is 0 Å². The predicted octanol–water partition coefficient (Wildman–Crippen LogP) is 1.82. The van der Waals surface area contributed by atoms with Crippen LogP contribution in [0.2, 0.25) is 0 Å². The van der Waals surface area contributed by atoms with Crippen molar-refractivity contribution in [3.05, 3.63) is 11.8 Å². The number of nitrogens with one attached hydrogen (secondary N) is 2. The predicted molar refractivity (Wildman–Crippen MR) is 73.0 cm³/mol. The lowest BCUT2D eigenvalue weighted by Crippen LogP contribution is -2.37. The molecule has 1 unspecified atom stereocenters. The molecule has 0 aliphatic heterocycles. The fourth-order valence-electron chi connectivity index (χ4n) is 1.57. The molecule has 0 saturated heterocycles. The van der Waals surface area contributed by atoms with Gasteiger partial charge >= 0.3 is 6.18 Å². The Labute approximate surface area is 120 Å². The number of likely N-dealkylation sites (N-methyl/N-ethyl adjacent to an activating group) is 1. The van der Waals surface area contributed by atoms with Gasteiger partial charge in [0, 0.05) is 26.7 Å². The van der Waals surface area contributed by atoms with Gasteiger partial charge in [-0.25, -0.2) is 4.98 Å². The smallest absolute Gasteiger partial charge is 0.358 e. The van der Waals surface area contributed by atoms with Gasteiger partial charge in [0.05, 0.1) is 0 Å². The number of amides is 1. The Hall–Kier alpha value is -2.06. The van der Waals surface area contributed by atoms with E-state index in [0.717, 1.165) is 6.07 Å². The molecule has 9 heteroatoms. The maximum atomic E-state index is 12.8. The number of aromatic nitrogens is 2. The first kappa shape index (κ1) is 17.0. The Bertz CT molecular complexity index is 504. The number of carbonyl (C=O) groups excluding carboxylic acids is 1. The van der Waals surface area contributed by atoms with Crippen LogP contribution in [0.1, 0.15) is 19.5 Å². The quantitative estimate of drug-likeness (QED) is 0.868. The lowest BCUT2D eigenvalue weighted by atomic mass is 10.3. The second-order valence-corrected chi connectivity index (χ2v) is 4.59. The Morgan fingerprint density at radius 1 is 1.38 bits per heavy atom. The summed E-state index contributed by atoms with van der Waals surface area (Å²) < 4.78 is 38.4. The number of carbonyl (C=O) groups is 1. The number of hydrogen-bond acceptors (Lipinski definition) is 5. The van der Waals surface area contributed by atoms with Crippen molar-refractivity contribution in [2.75, 3.05) is 31.3 Å². The first-order chi connectivity index (χ1) is 9.65. The third-order valence-corrected chi connectivity index (χ3v) is 2.53. The average Bonchev–Trinajstić information content (AvgIpc) is 2.36. The van der Waals surface area contributed by atoms with Gasteiger partial charge in [0.15, 0.2) is 5.69 Å². The summed E-state index contributed by atoms with van der Waals surface area (Å²) in [6.07, 6.45) is -4.58. The van der Waals surface area contributed by atoms with E-state index in [9.17, 15) is 18.0 Å². The Kier molecular flexibility index (Phi) is 5.34. The number of nitrogens with zero attached hydrogens (tertiary/aromatic N) is 3. The van der Waals surface area contributed by atoms with Gasteiger partial charge in [-0.2, -0.15) is 18.2 Å². The van der Waals surface area contributed by atoms with Crippen LogP contribution in [0.25, 0.3) is 0 Å². The number of rotatable bonds is 5. The zero-order chi connectivity index (χ0) is 16.2. The molecule has 0 fully saturated rings. The van der Waals surface area contributed by atoms with Crippen molar-refractivity contribution in [3.8, 4) is 0 Å². The van der Waals surface area contributed by atoms with E-state index in [1.807, 2.05) is 0 Å². The number of anilines is 2. The van der Waals surface area contributed by atoms with Gasteiger partial charge in [-0.3, -0.25) is 4.79 Å². The van der Waals surface area contributed by atoms with E-state index in [-0.39, 0.29) is 17.7 Å². The van der Waals surface area contributed by atoms with Crippen molar-refractivity contribution in [1.29, 1.82) is 0 Å². The molecule has 0 radical (unpaired) electrons. The second kappa shape index (κ2) is 6.59. The number of alkyl halides is 3. The van der Waals surface area contributed by atoms with Crippen molar-refractivity contribution < 1.29 is 18.0 Å². The molecule has 0 saturated carbocycles. The Morgan fingerprint density at radius 3 is 2.48 bits per heavy atom. The first-order valence-electron chi connectivity index (χ1n) is 6.33. The molecule has 0 aromatic carbocycles. The summed E-state index contributed by atoms with van der Waals surface area (Å²) in [5.41, 5.74) is -1.07. The van der Waals surface area contributed by atoms with Crippen molar-refractivity contribution in [2.24, 2.45) is 0 Å². The number of halogens is 3. The largest absolute Gasteiger partial charge is 0.433 e. The fourth-order valence-corrected chi connectivity index (χ4v) is 1.57. The van der Waals surface area contributed by atoms with E-state index < -0.39 is 17.9 Å². The summed E-state index contributed by atoms with van der Waals surface area (Å²) in [7, 11) is 3.12. The summed E-state index contributed by atoms with van der Waals surface area (Å²) in [5.74, 6) is -0.470. The summed E-state index contributed by atoms with van der Waals surface area (Å²) in [6, 6.07) is 0.0748. The molecule has 0 aliphatic rings. The molecule has 0 aliphatic carbocycles. The topological polar surface area (TPSA) is 70.2 Å². The maximum absolute atomic E-state index is 12.8. The Balaban J connectivity index is 3.06. The molecule has 1 aromatic heterocycles. The van der Waals surface area contributed by atoms with Crippen LogP contribution in [0.15, 0.2) is 6.07 Å². The standard InChI is InChI=1S/C12H18F3N5O/c1-5-16-11-18-8(12(13,14)15)6-9(19-11)17-7(2)10(21)20(3)4/h6-7H,5H2,1-4H3,(H2,16,17,18,19). The Morgan fingerprint density at radius 2 is 2.00 bits per heavy atom. The van der Waals surface area contributed by atoms with Crippen LogP contribution >= 0.6 is 0 Å². The van der Waals surface area contributed by atoms with Gasteiger partial charge in [0.2, 0.25) is 11.9 Å².